The Labute approximate surface area is 233 Å². The average Bonchev–Trinajstić information content (AvgIpc) is 3.20. The van der Waals surface area contributed by atoms with Crippen LogP contribution in [0.2, 0.25) is 18.1 Å². The second kappa shape index (κ2) is 11.3. The molecule has 0 saturated carbocycles. The van der Waals surface area contributed by atoms with Crippen molar-refractivity contribution >= 4 is 20.3 Å². The van der Waals surface area contributed by atoms with Gasteiger partial charge < -0.3 is 19.8 Å². The van der Waals surface area contributed by atoms with Crippen molar-refractivity contribution in [3.05, 3.63) is 88.5 Å². The first-order valence-electron chi connectivity index (χ1n) is 13.5. The van der Waals surface area contributed by atoms with Gasteiger partial charge in [-0.05, 0) is 70.9 Å². The van der Waals surface area contributed by atoms with Gasteiger partial charge in [-0.25, -0.2) is 4.79 Å². The van der Waals surface area contributed by atoms with Crippen LogP contribution in [0.15, 0.2) is 60.7 Å². The number of carbonyl (C=O) groups excluding carboxylic acids is 2. The molecule has 2 N–H and O–H groups in total. The molecule has 1 aliphatic rings. The van der Waals surface area contributed by atoms with Gasteiger partial charge in [-0.3, -0.25) is 4.79 Å². The molecule has 0 aliphatic heterocycles. The van der Waals surface area contributed by atoms with E-state index in [1.54, 1.807) is 0 Å². The van der Waals surface area contributed by atoms with E-state index in [1.165, 1.54) is 11.1 Å². The fourth-order valence-corrected chi connectivity index (χ4v) is 5.91. The van der Waals surface area contributed by atoms with Crippen molar-refractivity contribution in [2.45, 2.75) is 65.2 Å². The molecule has 206 valence electrons. The van der Waals surface area contributed by atoms with Crippen molar-refractivity contribution < 1.29 is 18.8 Å². The smallest absolute Gasteiger partial charge is 0.407 e. The molecule has 0 heterocycles. The van der Waals surface area contributed by atoms with Gasteiger partial charge in [-0.1, -0.05) is 81.4 Å². The Kier molecular flexibility index (Phi) is 8.21. The average molecular weight is 545 g/mol. The van der Waals surface area contributed by atoms with E-state index in [0.717, 1.165) is 33.6 Å². The molecule has 7 heteroatoms. The number of ether oxygens (including phenoxy) is 1. The highest BCUT2D eigenvalue weighted by Gasteiger charge is 2.39. The summed E-state index contributed by atoms with van der Waals surface area (Å²) in [5.74, 6) is 0.640. The predicted octanol–water partition coefficient (Wildman–Crippen LogP) is 6.84. The Morgan fingerprint density at radius 3 is 1.95 bits per heavy atom. The fraction of sp³-hybridized carbons (Fsp3) is 0.375. The van der Waals surface area contributed by atoms with Crippen molar-refractivity contribution in [3.8, 4) is 16.9 Å². The molecule has 0 radical (unpaired) electrons. The number of nitrogens with one attached hydrogen (secondary N) is 2. The third-order valence-electron chi connectivity index (χ3n) is 7.91. The van der Waals surface area contributed by atoms with Crippen LogP contribution in [0.4, 0.5) is 4.79 Å². The van der Waals surface area contributed by atoms with Gasteiger partial charge in [0.2, 0.25) is 5.91 Å². The molecule has 3 aromatic carbocycles. The minimum atomic E-state index is -1.96. The first-order chi connectivity index (χ1) is 18.4. The summed E-state index contributed by atoms with van der Waals surface area (Å²) in [5, 5.41) is 5.57. The lowest BCUT2D eigenvalue weighted by molar-refractivity contribution is -0.120. The van der Waals surface area contributed by atoms with Crippen LogP contribution in [0.1, 0.15) is 54.5 Å². The van der Waals surface area contributed by atoms with Gasteiger partial charge in [-0.15, -0.1) is 0 Å². The van der Waals surface area contributed by atoms with E-state index in [9.17, 15) is 9.59 Å². The first kappa shape index (κ1) is 28.4. The molecule has 1 aliphatic carbocycles. The highest BCUT2D eigenvalue weighted by Crippen LogP contribution is 2.44. The predicted molar refractivity (Wildman–Crippen MR) is 159 cm³/mol. The number of hydrogen-bond donors (Lipinski definition) is 2. The summed E-state index contributed by atoms with van der Waals surface area (Å²) in [5.41, 5.74) is 7.74. The molecule has 0 unspecified atom stereocenters. The second-order valence-electron chi connectivity index (χ2n) is 11.9. The van der Waals surface area contributed by atoms with E-state index in [0.29, 0.717) is 6.54 Å². The summed E-state index contributed by atoms with van der Waals surface area (Å²) in [4.78, 5) is 24.8. The Morgan fingerprint density at radius 2 is 1.41 bits per heavy atom. The SMILES string of the molecule is Cc1cc(CNC(=O)CNC(=O)OCC2c3ccccc3-c3ccccc32)cc(C)c1O[Si](C)(C)C(C)(C)C. The summed E-state index contributed by atoms with van der Waals surface area (Å²) in [6.07, 6.45) is -0.606. The Morgan fingerprint density at radius 1 is 0.872 bits per heavy atom. The van der Waals surface area contributed by atoms with E-state index in [2.05, 4.69) is 80.9 Å². The lowest BCUT2D eigenvalue weighted by Gasteiger charge is -2.37. The van der Waals surface area contributed by atoms with Crippen molar-refractivity contribution in [1.82, 2.24) is 10.6 Å². The van der Waals surface area contributed by atoms with Crippen LogP contribution in [0, 0.1) is 13.8 Å². The van der Waals surface area contributed by atoms with Crippen molar-refractivity contribution in [2.75, 3.05) is 13.2 Å². The normalized spacial score (nSPS) is 12.9. The summed E-state index contributed by atoms with van der Waals surface area (Å²) in [6.45, 7) is 15.7. The van der Waals surface area contributed by atoms with Gasteiger partial charge in [0.1, 0.15) is 18.9 Å². The minimum Gasteiger partial charge on any atom is -0.543 e. The van der Waals surface area contributed by atoms with Gasteiger partial charge in [0.25, 0.3) is 8.32 Å². The summed E-state index contributed by atoms with van der Waals surface area (Å²) in [7, 11) is -1.96. The monoisotopic (exact) mass is 544 g/mol. The standard InChI is InChI=1S/C32H40N2O4Si/c1-21-16-23(17-22(2)30(21)38-39(6,7)32(3,4)5)18-33-29(35)19-34-31(36)37-20-28-26-14-10-8-12-24(26)25-13-9-11-15-27(25)28/h8-17,28H,18-20H2,1-7H3,(H,33,35)(H,34,36). The zero-order valence-electron chi connectivity index (χ0n) is 24.1. The van der Waals surface area contributed by atoms with Crippen molar-refractivity contribution in [1.29, 1.82) is 0 Å². The molecule has 39 heavy (non-hydrogen) atoms. The maximum Gasteiger partial charge on any atom is 0.407 e. The lowest BCUT2D eigenvalue weighted by atomic mass is 9.98. The number of rotatable bonds is 8. The topological polar surface area (TPSA) is 76.7 Å². The highest BCUT2D eigenvalue weighted by molar-refractivity contribution is 6.74. The van der Waals surface area contributed by atoms with Crippen LogP contribution in [-0.2, 0) is 16.1 Å². The van der Waals surface area contributed by atoms with Crippen LogP contribution in [0.5, 0.6) is 5.75 Å². The van der Waals surface area contributed by atoms with Crippen molar-refractivity contribution in [3.63, 3.8) is 0 Å². The van der Waals surface area contributed by atoms with Crippen LogP contribution in [0.25, 0.3) is 11.1 Å². The molecule has 0 atom stereocenters. The molecule has 2 amide bonds. The molecule has 0 fully saturated rings. The van der Waals surface area contributed by atoms with Crippen molar-refractivity contribution in [2.24, 2.45) is 0 Å². The fourth-order valence-electron chi connectivity index (χ4n) is 4.78. The highest BCUT2D eigenvalue weighted by atomic mass is 28.4. The second-order valence-corrected chi connectivity index (χ2v) is 16.6. The summed E-state index contributed by atoms with van der Waals surface area (Å²) >= 11 is 0. The van der Waals surface area contributed by atoms with E-state index < -0.39 is 14.4 Å². The van der Waals surface area contributed by atoms with E-state index in [1.807, 2.05) is 38.1 Å². The number of amides is 2. The molecule has 0 aromatic heterocycles. The number of benzene rings is 3. The van der Waals surface area contributed by atoms with Crippen LogP contribution < -0.4 is 15.1 Å². The zero-order chi connectivity index (χ0) is 28.4. The van der Waals surface area contributed by atoms with E-state index in [4.69, 9.17) is 9.16 Å². The summed E-state index contributed by atoms with van der Waals surface area (Å²) < 4.78 is 12.1. The van der Waals surface area contributed by atoms with Gasteiger partial charge in [0, 0.05) is 12.5 Å². The van der Waals surface area contributed by atoms with Crippen LogP contribution in [0.3, 0.4) is 0 Å². The van der Waals surface area contributed by atoms with E-state index >= 15 is 0 Å². The minimum absolute atomic E-state index is 0.0213. The van der Waals surface area contributed by atoms with Gasteiger partial charge in [0.15, 0.2) is 0 Å². The Hall–Kier alpha value is -3.58. The largest absolute Gasteiger partial charge is 0.543 e. The van der Waals surface area contributed by atoms with Gasteiger partial charge in [0.05, 0.1) is 0 Å². The third-order valence-corrected chi connectivity index (χ3v) is 12.2. The first-order valence-corrected chi connectivity index (χ1v) is 16.4. The molecule has 0 saturated heterocycles. The number of carbonyl (C=O) groups is 2. The number of alkyl carbamates (subject to hydrolysis) is 1. The molecule has 4 rings (SSSR count). The molecule has 0 bridgehead atoms. The number of aryl methyl sites for hydroxylation is 2. The van der Waals surface area contributed by atoms with Crippen LogP contribution in [-0.4, -0.2) is 33.5 Å². The van der Waals surface area contributed by atoms with Crippen LogP contribution >= 0.6 is 0 Å². The quantitative estimate of drug-likeness (QED) is 0.304. The Bertz CT molecular complexity index is 1310. The summed E-state index contributed by atoms with van der Waals surface area (Å²) in [6, 6.07) is 20.5. The molecule has 6 nitrogen and oxygen atoms in total. The Balaban J connectivity index is 1.27. The van der Waals surface area contributed by atoms with E-state index in [-0.39, 0.29) is 30.0 Å². The molecule has 0 spiro atoms. The third kappa shape index (κ3) is 6.36. The number of fused-ring (bicyclic) bond motifs is 3. The zero-order valence-corrected chi connectivity index (χ0v) is 25.1. The molecular formula is C32H40N2O4Si. The molecular weight excluding hydrogens is 504 g/mol. The van der Waals surface area contributed by atoms with Gasteiger partial charge >= 0.3 is 6.09 Å². The van der Waals surface area contributed by atoms with Gasteiger partial charge in [-0.2, -0.15) is 0 Å². The lowest BCUT2D eigenvalue weighted by Crippen LogP contribution is -2.44. The number of hydrogen-bond acceptors (Lipinski definition) is 4. The maximum absolute atomic E-state index is 12.4. The maximum atomic E-state index is 12.4. The molecule has 3 aromatic rings.